The summed E-state index contributed by atoms with van der Waals surface area (Å²) in [5.41, 5.74) is 3.71. The zero-order chi connectivity index (χ0) is 14.2. The van der Waals surface area contributed by atoms with E-state index in [1.54, 1.807) is 12.1 Å². The lowest BCUT2D eigenvalue weighted by Gasteiger charge is -2.19. The molecule has 104 valence electrons. The maximum absolute atomic E-state index is 12.4. The second kappa shape index (κ2) is 5.22. The fourth-order valence-electron chi connectivity index (χ4n) is 1.82. The normalized spacial score (nSPS) is 21.7. The van der Waals surface area contributed by atoms with Gasteiger partial charge in [0.1, 0.15) is 0 Å². The highest BCUT2D eigenvalue weighted by Gasteiger charge is 2.39. The molecule has 0 radical (unpaired) electrons. The summed E-state index contributed by atoms with van der Waals surface area (Å²) >= 11 is 3.35. The molecule has 2 atom stereocenters. The molecule has 0 unspecified atom stereocenters. The number of hydrogen-bond acceptors (Lipinski definition) is 4. The molecule has 1 aliphatic rings. The Morgan fingerprint density at radius 3 is 2.42 bits per heavy atom. The maximum atomic E-state index is 12.4. The van der Waals surface area contributed by atoms with Gasteiger partial charge in [-0.25, -0.2) is 5.43 Å². The van der Waals surface area contributed by atoms with E-state index in [9.17, 15) is 13.2 Å². The Labute approximate surface area is 121 Å². The molecule has 1 heterocycles. The molecule has 19 heavy (non-hydrogen) atoms. The van der Waals surface area contributed by atoms with Gasteiger partial charge in [-0.3, -0.25) is 4.79 Å². The van der Waals surface area contributed by atoms with Gasteiger partial charge < -0.3 is 0 Å². The Hall–Kier alpha value is -0.920. The van der Waals surface area contributed by atoms with Crippen molar-refractivity contribution in [2.24, 2.45) is 0 Å². The van der Waals surface area contributed by atoms with Crippen LogP contribution >= 0.6 is 15.9 Å². The van der Waals surface area contributed by atoms with Crippen molar-refractivity contribution >= 4 is 31.9 Å². The summed E-state index contributed by atoms with van der Waals surface area (Å²) < 4.78 is 25.5. The number of hydrogen-bond donors (Lipinski definition) is 1. The van der Waals surface area contributed by atoms with Crippen LogP contribution in [0.25, 0.3) is 0 Å². The van der Waals surface area contributed by atoms with Gasteiger partial charge in [-0.05, 0) is 19.1 Å². The largest absolute Gasteiger partial charge is 0.280 e. The number of benzene rings is 1. The maximum Gasteiger partial charge on any atom is 0.280 e. The fourth-order valence-corrected chi connectivity index (χ4v) is 3.44. The van der Waals surface area contributed by atoms with Gasteiger partial charge in [-0.2, -0.15) is 12.8 Å². The molecule has 0 saturated carbocycles. The van der Waals surface area contributed by atoms with Crippen LogP contribution in [0.3, 0.4) is 0 Å². The average Bonchev–Trinajstić information content (AvgIpc) is 2.73. The van der Waals surface area contributed by atoms with Crippen molar-refractivity contribution in [3.8, 4) is 0 Å². The minimum atomic E-state index is -3.82. The summed E-state index contributed by atoms with van der Waals surface area (Å²) in [5.74, 6) is -0.433. The first kappa shape index (κ1) is 14.5. The van der Waals surface area contributed by atoms with E-state index in [1.807, 2.05) is 13.8 Å². The number of amides is 1. The lowest BCUT2D eigenvalue weighted by Crippen LogP contribution is -2.43. The molecule has 1 N–H and O–H groups in total. The lowest BCUT2D eigenvalue weighted by atomic mass is 10.2. The number of alkyl halides is 1. The first-order valence-corrected chi connectivity index (χ1v) is 8.23. The van der Waals surface area contributed by atoms with Crippen molar-refractivity contribution in [1.29, 1.82) is 0 Å². The molecular formula is C12H15BrN2O3S. The quantitative estimate of drug-likeness (QED) is 0.843. The molecule has 7 heteroatoms. The number of nitrogens with zero attached hydrogens (tertiary/aromatic N) is 1. The van der Waals surface area contributed by atoms with E-state index in [0.717, 1.165) is 9.98 Å². The van der Waals surface area contributed by atoms with Crippen LogP contribution < -0.4 is 5.43 Å². The van der Waals surface area contributed by atoms with Crippen molar-refractivity contribution in [3.05, 3.63) is 29.8 Å². The Kier molecular flexibility index (Phi) is 3.98. The number of halogens is 1. The molecule has 1 aromatic rings. The second-order valence-corrected chi connectivity index (χ2v) is 7.82. The molecule has 1 fully saturated rings. The topological polar surface area (TPSA) is 66.5 Å². The Morgan fingerprint density at radius 1 is 1.37 bits per heavy atom. The summed E-state index contributed by atoms with van der Waals surface area (Å²) in [7, 11) is -3.82. The van der Waals surface area contributed by atoms with Gasteiger partial charge in [-0.1, -0.05) is 40.5 Å². The number of rotatable bonds is 3. The number of hydrazine groups is 1. The van der Waals surface area contributed by atoms with Crippen LogP contribution in [0, 0.1) is 6.92 Å². The molecule has 0 spiro atoms. The van der Waals surface area contributed by atoms with E-state index < -0.39 is 15.9 Å². The lowest BCUT2D eigenvalue weighted by molar-refractivity contribution is -0.124. The number of nitrogens with one attached hydrogen (secondary N) is 1. The van der Waals surface area contributed by atoms with Crippen LogP contribution in [0.5, 0.6) is 0 Å². The summed E-state index contributed by atoms with van der Waals surface area (Å²) in [6, 6.07) is 6.21. The highest BCUT2D eigenvalue weighted by atomic mass is 79.9. The molecule has 5 nitrogen and oxygen atoms in total. The van der Waals surface area contributed by atoms with Crippen LogP contribution in [0.2, 0.25) is 0 Å². The minimum Gasteiger partial charge on any atom is -0.272 e. The van der Waals surface area contributed by atoms with Gasteiger partial charge >= 0.3 is 0 Å². The number of carbonyl (C=O) groups excluding carboxylic acids is 1. The zero-order valence-electron chi connectivity index (χ0n) is 10.6. The summed E-state index contributed by atoms with van der Waals surface area (Å²) in [4.78, 5) is 12.0. The van der Waals surface area contributed by atoms with Crippen molar-refractivity contribution in [2.75, 3.05) is 0 Å². The zero-order valence-corrected chi connectivity index (χ0v) is 13.0. The molecule has 0 bridgehead atoms. The summed E-state index contributed by atoms with van der Waals surface area (Å²) in [6.45, 7) is 3.74. The average molecular weight is 347 g/mol. The Bertz CT molecular complexity index is 583. The van der Waals surface area contributed by atoms with E-state index in [0.29, 0.717) is 0 Å². The van der Waals surface area contributed by atoms with Crippen molar-refractivity contribution < 1.29 is 13.2 Å². The standard InChI is InChI=1S/C12H15BrN2O3S/c1-8-3-5-10(6-4-8)19(17,18)15-12(16)7-11(14-15)9(2)13/h3-6,9,11,14H,7H2,1-2H3/t9-,11+/m0/s1. The number of sulfonamides is 1. The third kappa shape index (κ3) is 2.82. The van der Waals surface area contributed by atoms with E-state index in [4.69, 9.17) is 0 Å². The molecular weight excluding hydrogens is 332 g/mol. The van der Waals surface area contributed by atoms with Crippen LogP contribution in [-0.2, 0) is 14.8 Å². The van der Waals surface area contributed by atoms with Crippen LogP contribution in [0.4, 0.5) is 0 Å². The van der Waals surface area contributed by atoms with Gasteiger partial charge in [-0.15, -0.1) is 0 Å². The number of aryl methyl sites for hydroxylation is 1. The van der Waals surface area contributed by atoms with Crippen molar-refractivity contribution in [2.45, 2.75) is 36.0 Å². The Morgan fingerprint density at radius 2 is 1.95 bits per heavy atom. The van der Waals surface area contributed by atoms with Crippen molar-refractivity contribution in [1.82, 2.24) is 9.84 Å². The third-order valence-electron chi connectivity index (χ3n) is 3.02. The third-order valence-corrected chi connectivity index (χ3v) is 5.31. The number of carbonyl (C=O) groups is 1. The van der Waals surface area contributed by atoms with Crippen molar-refractivity contribution in [3.63, 3.8) is 0 Å². The molecule has 1 saturated heterocycles. The Balaban J connectivity index is 2.30. The predicted octanol–water partition coefficient (Wildman–Crippen LogP) is 1.57. The van der Waals surface area contributed by atoms with E-state index in [1.165, 1.54) is 12.1 Å². The van der Waals surface area contributed by atoms with Gasteiger partial charge in [0.2, 0.25) is 0 Å². The first-order valence-electron chi connectivity index (χ1n) is 5.87. The first-order chi connectivity index (χ1) is 8.82. The predicted molar refractivity (Wildman–Crippen MR) is 75.1 cm³/mol. The molecule has 0 aromatic heterocycles. The SMILES string of the molecule is Cc1ccc(S(=O)(=O)N2N[C@@H]([C@H](C)Br)CC2=O)cc1. The van der Waals surface area contributed by atoms with Gasteiger partial charge in [0.25, 0.3) is 15.9 Å². The van der Waals surface area contributed by atoms with Gasteiger partial charge in [0, 0.05) is 17.3 Å². The molecule has 2 rings (SSSR count). The smallest absolute Gasteiger partial charge is 0.272 e. The van der Waals surface area contributed by atoms with E-state index in [2.05, 4.69) is 21.4 Å². The monoisotopic (exact) mass is 346 g/mol. The fraction of sp³-hybridized carbons (Fsp3) is 0.417. The van der Waals surface area contributed by atoms with E-state index >= 15 is 0 Å². The van der Waals surface area contributed by atoms with Gasteiger partial charge in [0.05, 0.1) is 4.90 Å². The molecule has 0 aliphatic carbocycles. The second-order valence-electron chi connectivity index (χ2n) is 4.59. The summed E-state index contributed by atoms with van der Waals surface area (Å²) in [5, 5.41) is 0. The highest BCUT2D eigenvalue weighted by molar-refractivity contribution is 9.09. The van der Waals surface area contributed by atoms with Crippen LogP contribution in [-0.4, -0.2) is 29.6 Å². The van der Waals surface area contributed by atoms with E-state index in [-0.39, 0.29) is 22.2 Å². The highest BCUT2D eigenvalue weighted by Crippen LogP contribution is 2.23. The molecule has 1 aliphatic heterocycles. The van der Waals surface area contributed by atoms with Crippen LogP contribution in [0.15, 0.2) is 29.2 Å². The minimum absolute atomic E-state index is 0.00895. The van der Waals surface area contributed by atoms with Crippen LogP contribution in [0.1, 0.15) is 18.9 Å². The summed E-state index contributed by atoms with van der Waals surface area (Å²) in [6.07, 6.45) is 0.164. The van der Waals surface area contributed by atoms with Gasteiger partial charge in [0.15, 0.2) is 0 Å². The molecule has 1 aromatic carbocycles. The molecule has 1 amide bonds.